The van der Waals surface area contributed by atoms with Gasteiger partial charge in [0.1, 0.15) is 0 Å². The zero-order valence-corrected chi connectivity index (χ0v) is 9.45. The van der Waals surface area contributed by atoms with E-state index in [9.17, 15) is 5.11 Å². The summed E-state index contributed by atoms with van der Waals surface area (Å²) in [7, 11) is 0. The summed E-state index contributed by atoms with van der Waals surface area (Å²) in [5.74, 6) is 0. The van der Waals surface area contributed by atoms with E-state index in [0.29, 0.717) is 0 Å². The van der Waals surface area contributed by atoms with E-state index in [4.69, 9.17) is 4.74 Å². The SMILES string of the molecule is C=CCCOCCN[C@H]1CCCC[C@@H]1O. The summed E-state index contributed by atoms with van der Waals surface area (Å²) in [6, 6.07) is 0.279. The lowest BCUT2D eigenvalue weighted by atomic mass is 9.93. The molecular formula is C12H23NO2. The Balaban J connectivity index is 1.96. The number of aliphatic hydroxyl groups excluding tert-OH is 1. The Kier molecular flexibility index (Phi) is 6.64. The van der Waals surface area contributed by atoms with Crippen LogP contribution in [0.5, 0.6) is 0 Å². The van der Waals surface area contributed by atoms with Crippen LogP contribution < -0.4 is 5.32 Å². The predicted molar refractivity (Wildman–Crippen MR) is 61.9 cm³/mol. The monoisotopic (exact) mass is 213 g/mol. The molecule has 0 aliphatic heterocycles. The molecule has 0 bridgehead atoms. The molecule has 1 fully saturated rings. The summed E-state index contributed by atoms with van der Waals surface area (Å²) in [6.07, 6.45) is 7.03. The van der Waals surface area contributed by atoms with Crippen LogP contribution in [0.25, 0.3) is 0 Å². The molecule has 1 aliphatic rings. The molecule has 2 N–H and O–H groups in total. The maximum Gasteiger partial charge on any atom is 0.0693 e. The van der Waals surface area contributed by atoms with Crippen molar-refractivity contribution in [1.29, 1.82) is 0 Å². The first-order valence-corrected chi connectivity index (χ1v) is 5.94. The van der Waals surface area contributed by atoms with Gasteiger partial charge in [-0.25, -0.2) is 0 Å². The van der Waals surface area contributed by atoms with E-state index < -0.39 is 0 Å². The summed E-state index contributed by atoms with van der Waals surface area (Å²) in [4.78, 5) is 0. The normalized spacial score (nSPS) is 26.5. The Morgan fingerprint density at radius 3 is 2.87 bits per heavy atom. The average Bonchev–Trinajstić information content (AvgIpc) is 2.25. The fraction of sp³-hybridized carbons (Fsp3) is 0.833. The molecule has 0 aromatic carbocycles. The lowest BCUT2D eigenvalue weighted by Crippen LogP contribution is -2.43. The molecule has 0 radical (unpaired) electrons. The van der Waals surface area contributed by atoms with Crippen LogP contribution in [0.1, 0.15) is 32.1 Å². The Hall–Kier alpha value is -0.380. The number of hydrogen-bond acceptors (Lipinski definition) is 3. The molecule has 1 aliphatic carbocycles. The Bertz CT molecular complexity index is 173. The molecule has 0 aromatic rings. The van der Waals surface area contributed by atoms with Crippen molar-refractivity contribution in [1.82, 2.24) is 5.32 Å². The first-order chi connectivity index (χ1) is 7.34. The number of aliphatic hydroxyl groups is 1. The van der Waals surface area contributed by atoms with Gasteiger partial charge in [-0.1, -0.05) is 18.9 Å². The summed E-state index contributed by atoms with van der Waals surface area (Å²) >= 11 is 0. The minimum Gasteiger partial charge on any atom is -0.392 e. The van der Waals surface area contributed by atoms with Crippen LogP contribution in [0.15, 0.2) is 12.7 Å². The van der Waals surface area contributed by atoms with E-state index in [2.05, 4.69) is 11.9 Å². The second kappa shape index (κ2) is 7.85. The molecule has 1 saturated carbocycles. The van der Waals surface area contributed by atoms with Crippen molar-refractivity contribution in [3.05, 3.63) is 12.7 Å². The highest BCUT2D eigenvalue weighted by atomic mass is 16.5. The van der Waals surface area contributed by atoms with Gasteiger partial charge in [0.25, 0.3) is 0 Å². The Morgan fingerprint density at radius 2 is 2.13 bits per heavy atom. The largest absolute Gasteiger partial charge is 0.392 e. The summed E-state index contributed by atoms with van der Waals surface area (Å²) in [5.41, 5.74) is 0. The van der Waals surface area contributed by atoms with Gasteiger partial charge < -0.3 is 15.2 Å². The van der Waals surface area contributed by atoms with E-state index >= 15 is 0 Å². The highest BCUT2D eigenvalue weighted by Gasteiger charge is 2.21. The van der Waals surface area contributed by atoms with Crippen LogP contribution >= 0.6 is 0 Å². The second-order valence-corrected chi connectivity index (χ2v) is 4.10. The standard InChI is InChI=1S/C12H23NO2/c1-2-3-9-15-10-8-13-11-6-4-5-7-12(11)14/h2,11-14H,1,3-10H2/t11-,12-/m0/s1. The van der Waals surface area contributed by atoms with Gasteiger partial charge in [-0.2, -0.15) is 0 Å². The highest BCUT2D eigenvalue weighted by Crippen LogP contribution is 2.17. The first kappa shape index (κ1) is 12.7. The minimum absolute atomic E-state index is 0.160. The van der Waals surface area contributed by atoms with Crippen LogP contribution in [-0.2, 0) is 4.74 Å². The third-order valence-corrected chi connectivity index (χ3v) is 2.85. The average molecular weight is 213 g/mol. The lowest BCUT2D eigenvalue weighted by Gasteiger charge is -2.28. The molecule has 0 amide bonds. The third-order valence-electron chi connectivity index (χ3n) is 2.85. The maximum atomic E-state index is 9.69. The number of nitrogens with one attached hydrogen (secondary N) is 1. The molecule has 0 heterocycles. The van der Waals surface area contributed by atoms with Gasteiger partial charge in [-0.05, 0) is 19.3 Å². The highest BCUT2D eigenvalue weighted by molar-refractivity contribution is 4.79. The number of hydrogen-bond donors (Lipinski definition) is 2. The molecule has 1 rings (SSSR count). The topological polar surface area (TPSA) is 41.5 Å². The molecule has 3 nitrogen and oxygen atoms in total. The molecule has 3 heteroatoms. The van der Waals surface area contributed by atoms with Gasteiger partial charge >= 0.3 is 0 Å². The van der Waals surface area contributed by atoms with Crippen LogP contribution in [0.4, 0.5) is 0 Å². The smallest absolute Gasteiger partial charge is 0.0693 e. The van der Waals surface area contributed by atoms with Gasteiger partial charge in [0.05, 0.1) is 19.3 Å². The number of ether oxygens (including phenoxy) is 1. The van der Waals surface area contributed by atoms with Crippen molar-refractivity contribution >= 4 is 0 Å². The molecule has 2 atom stereocenters. The minimum atomic E-state index is -0.160. The van der Waals surface area contributed by atoms with Crippen LogP contribution in [-0.4, -0.2) is 37.0 Å². The van der Waals surface area contributed by atoms with Crippen molar-refractivity contribution in [2.24, 2.45) is 0 Å². The Labute approximate surface area is 92.5 Å². The number of rotatable bonds is 7. The van der Waals surface area contributed by atoms with E-state index in [0.717, 1.165) is 45.4 Å². The zero-order valence-electron chi connectivity index (χ0n) is 9.45. The lowest BCUT2D eigenvalue weighted by molar-refractivity contribution is 0.0809. The van der Waals surface area contributed by atoms with Crippen LogP contribution in [0.3, 0.4) is 0 Å². The first-order valence-electron chi connectivity index (χ1n) is 5.94. The van der Waals surface area contributed by atoms with Crippen molar-refractivity contribution in [3.63, 3.8) is 0 Å². The third kappa shape index (κ3) is 5.30. The summed E-state index contributed by atoms with van der Waals surface area (Å²) < 4.78 is 5.38. The Morgan fingerprint density at radius 1 is 1.33 bits per heavy atom. The molecule has 0 aromatic heterocycles. The fourth-order valence-electron chi connectivity index (χ4n) is 1.93. The second-order valence-electron chi connectivity index (χ2n) is 4.10. The van der Waals surface area contributed by atoms with Crippen molar-refractivity contribution in [2.45, 2.75) is 44.2 Å². The molecule has 0 spiro atoms. The molecule has 0 saturated heterocycles. The molecule has 0 unspecified atom stereocenters. The van der Waals surface area contributed by atoms with Gasteiger partial charge in [0, 0.05) is 12.6 Å². The van der Waals surface area contributed by atoms with Crippen molar-refractivity contribution in [2.75, 3.05) is 19.8 Å². The van der Waals surface area contributed by atoms with E-state index in [1.54, 1.807) is 0 Å². The van der Waals surface area contributed by atoms with Gasteiger partial charge in [0.15, 0.2) is 0 Å². The van der Waals surface area contributed by atoms with E-state index in [1.165, 1.54) is 6.42 Å². The van der Waals surface area contributed by atoms with Crippen LogP contribution in [0.2, 0.25) is 0 Å². The quantitative estimate of drug-likeness (QED) is 0.497. The van der Waals surface area contributed by atoms with Crippen molar-refractivity contribution in [3.8, 4) is 0 Å². The summed E-state index contributed by atoms with van der Waals surface area (Å²) in [6.45, 7) is 5.93. The molecule has 15 heavy (non-hydrogen) atoms. The van der Waals surface area contributed by atoms with Gasteiger partial charge in [-0.3, -0.25) is 0 Å². The molecule has 88 valence electrons. The van der Waals surface area contributed by atoms with E-state index in [1.807, 2.05) is 6.08 Å². The maximum absolute atomic E-state index is 9.69. The van der Waals surface area contributed by atoms with Crippen molar-refractivity contribution < 1.29 is 9.84 Å². The molecular weight excluding hydrogens is 190 g/mol. The summed E-state index contributed by atoms with van der Waals surface area (Å²) in [5, 5.41) is 13.0. The fourth-order valence-corrected chi connectivity index (χ4v) is 1.93. The van der Waals surface area contributed by atoms with Gasteiger partial charge in [-0.15, -0.1) is 6.58 Å². The van der Waals surface area contributed by atoms with Gasteiger partial charge in [0.2, 0.25) is 0 Å². The zero-order chi connectivity index (χ0) is 10.9. The predicted octanol–water partition coefficient (Wildman–Crippen LogP) is 1.47. The van der Waals surface area contributed by atoms with Crippen LogP contribution in [0, 0.1) is 0 Å². The van der Waals surface area contributed by atoms with E-state index in [-0.39, 0.29) is 12.1 Å².